The molecule has 2 heterocycles. The Bertz CT molecular complexity index is 467. The third-order valence-corrected chi connectivity index (χ3v) is 4.81. The fourth-order valence-corrected chi connectivity index (χ4v) is 3.70. The topological polar surface area (TPSA) is 15.3 Å². The summed E-state index contributed by atoms with van der Waals surface area (Å²) in [5.74, 6) is 0.307. The highest BCUT2D eigenvalue weighted by Gasteiger charge is 2.49. The van der Waals surface area contributed by atoms with Crippen LogP contribution >= 0.6 is 0 Å². The number of fused-ring (bicyclic) bond motifs is 1. The third kappa shape index (κ3) is 2.28. The lowest BCUT2D eigenvalue weighted by atomic mass is 9.85. The molecule has 2 aliphatic rings. The fourth-order valence-electron chi connectivity index (χ4n) is 3.70. The summed E-state index contributed by atoms with van der Waals surface area (Å²) < 4.78 is 26.5. The van der Waals surface area contributed by atoms with E-state index in [0.717, 1.165) is 31.3 Å². The van der Waals surface area contributed by atoms with Crippen LogP contribution in [0.4, 0.5) is 8.78 Å². The van der Waals surface area contributed by atoms with Gasteiger partial charge in [-0.3, -0.25) is 4.90 Å². The molecule has 0 aliphatic carbocycles. The SMILES string of the molecule is CC1(C)C2CNCC2CN1Cc1cc(F)cc(F)c1. The van der Waals surface area contributed by atoms with Crippen molar-refractivity contribution in [3.05, 3.63) is 35.4 Å². The minimum Gasteiger partial charge on any atom is -0.316 e. The molecule has 1 N–H and O–H groups in total. The lowest BCUT2D eigenvalue weighted by Gasteiger charge is -2.35. The predicted molar refractivity (Wildman–Crippen MR) is 70.7 cm³/mol. The largest absolute Gasteiger partial charge is 0.316 e. The Balaban J connectivity index is 1.80. The number of halogens is 2. The van der Waals surface area contributed by atoms with Crippen molar-refractivity contribution in [2.75, 3.05) is 19.6 Å². The minimum absolute atomic E-state index is 0.0803. The zero-order chi connectivity index (χ0) is 13.6. The molecule has 2 aliphatic heterocycles. The molecular formula is C15H20F2N2. The molecule has 2 unspecified atom stereocenters. The summed E-state index contributed by atoms with van der Waals surface area (Å²) in [6.07, 6.45) is 0. The molecule has 2 saturated heterocycles. The molecule has 0 saturated carbocycles. The van der Waals surface area contributed by atoms with Crippen LogP contribution in [0.15, 0.2) is 18.2 Å². The van der Waals surface area contributed by atoms with Crippen molar-refractivity contribution in [2.45, 2.75) is 25.9 Å². The number of nitrogens with zero attached hydrogens (tertiary/aromatic N) is 1. The minimum atomic E-state index is -0.492. The summed E-state index contributed by atoms with van der Waals surface area (Å²) in [6.45, 7) is 8.20. The fraction of sp³-hybridized carbons (Fsp3) is 0.600. The van der Waals surface area contributed by atoms with E-state index in [1.165, 1.54) is 12.1 Å². The number of likely N-dealkylation sites (tertiary alicyclic amines) is 1. The lowest BCUT2D eigenvalue weighted by molar-refractivity contribution is 0.132. The van der Waals surface area contributed by atoms with Gasteiger partial charge in [-0.2, -0.15) is 0 Å². The van der Waals surface area contributed by atoms with Crippen LogP contribution in [0.3, 0.4) is 0 Å². The van der Waals surface area contributed by atoms with Gasteiger partial charge < -0.3 is 5.32 Å². The number of hydrogen-bond donors (Lipinski definition) is 1. The Kier molecular flexibility index (Phi) is 3.10. The van der Waals surface area contributed by atoms with E-state index in [9.17, 15) is 8.78 Å². The van der Waals surface area contributed by atoms with Gasteiger partial charge in [-0.25, -0.2) is 8.78 Å². The average molecular weight is 266 g/mol. The molecule has 0 aromatic heterocycles. The van der Waals surface area contributed by atoms with E-state index in [2.05, 4.69) is 24.1 Å². The molecule has 2 atom stereocenters. The van der Waals surface area contributed by atoms with Gasteiger partial charge in [0.25, 0.3) is 0 Å². The van der Waals surface area contributed by atoms with Crippen LogP contribution in [0.5, 0.6) is 0 Å². The molecule has 3 rings (SSSR count). The summed E-state index contributed by atoms with van der Waals surface area (Å²) in [7, 11) is 0. The van der Waals surface area contributed by atoms with Crippen LogP contribution in [0.2, 0.25) is 0 Å². The van der Waals surface area contributed by atoms with E-state index in [0.29, 0.717) is 18.4 Å². The Morgan fingerprint density at radius 3 is 2.53 bits per heavy atom. The summed E-state index contributed by atoms with van der Waals surface area (Å²) in [6, 6.07) is 3.80. The van der Waals surface area contributed by atoms with Gasteiger partial charge in [0.05, 0.1) is 0 Å². The molecule has 104 valence electrons. The van der Waals surface area contributed by atoms with Crippen molar-refractivity contribution in [3.8, 4) is 0 Å². The van der Waals surface area contributed by atoms with Gasteiger partial charge in [0.1, 0.15) is 11.6 Å². The van der Waals surface area contributed by atoms with E-state index in [1.807, 2.05) is 0 Å². The van der Waals surface area contributed by atoms with Gasteiger partial charge in [0, 0.05) is 31.2 Å². The van der Waals surface area contributed by atoms with E-state index < -0.39 is 11.6 Å². The standard InChI is InChI=1S/C15H20F2N2/c1-15(2)14-7-18-6-11(14)9-19(15)8-10-3-12(16)5-13(17)4-10/h3-5,11,14,18H,6-9H2,1-2H3. The smallest absolute Gasteiger partial charge is 0.126 e. The van der Waals surface area contributed by atoms with Crippen LogP contribution in [0, 0.1) is 23.5 Å². The van der Waals surface area contributed by atoms with E-state index >= 15 is 0 Å². The van der Waals surface area contributed by atoms with E-state index in [4.69, 9.17) is 0 Å². The Morgan fingerprint density at radius 2 is 1.89 bits per heavy atom. The molecule has 2 fully saturated rings. The normalized spacial score (nSPS) is 29.7. The first-order chi connectivity index (χ1) is 8.96. The van der Waals surface area contributed by atoms with Crippen molar-refractivity contribution in [3.63, 3.8) is 0 Å². The first kappa shape index (κ1) is 13.0. The molecule has 0 amide bonds. The zero-order valence-corrected chi connectivity index (χ0v) is 11.4. The second-order valence-corrected chi connectivity index (χ2v) is 6.34. The average Bonchev–Trinajstić information content (AvgIpc) is 2.82. The summed E-state index contributed by atoms with van der Waals surface area (Å²) >= 11 is 0. The van der Waals surface area contributed by atoms with Gasteiger partial charge in [-0.05, 0) is 49.9 Å². The second kappa shape index (κ2) is 4.53. The van der Waals surface area contributed by atoms with Crippen molar-refractivity contribution in [1.82, 2.24) is 10.2 Å². The van der Waals surface area contributed by atoms with Crippen molar-refractivity contribution < 1.29 is 8.78 Å². The van der Waals surface area contributed by atoms with Crippen LogP contribution in [0.1, 0.15) is 19.4 Å². The number of benzene rings is 1. The zero-order valence-electron chi connectivity index (χ0n) is 11.4. The Labute approximate surface area is 112 Å². The van der Waals surface area contributed by atoms with Crippen molar-refractivity contribution in [1.29, 1.82) is 0 Å². The highest BCUT2D eigenvalue weighted by atomic mass is 19.1. The maximum absolute atomic E-state index is 13.3. The number of hydrogen-bond acceptors (Lipinski definition) is 2. The van der Waals surface area contributed by atoms with Gasteiger partial charge in [0.2, 0.25) is 0 Å². The first-order valence-corrected chi connectivity index (χ1v) is 6.87. The molecule has 19 heavy (non-hydrogen) atoms. The highest BCUT2D eigenvalue weighted by molar-refractivity contribution is 5.19. The van der Waals surface area contributed by atoms with Crippen molar-refractivity contribution in [2.24, 2.45) is 11.8 Å². The van der Waals surface area contributed by atoms with Gasteiger partial charge in [-0.15, -0.1) is 0 Å². The molecular weight excluding hydrogens is 246 g/mol. The maximum Gasteiger partial charge on any atom is 0.126 e. The Morgan fingerprint density at radius 1 is 1.21 bits per heavy atom. The van der Waals surface area contributed by atoms with Crippen LogP contribution < -0.4 is 5.32 Å². The Hall–Kier alpha value is -1.00. The van der Waals surface area contributed by atoms with Gasteiger partial charge in [-0.1, -0.05) is 0 Å². The molecule has 4 heteroatoms. The molecule has 1 aromatic carbocycles. The third-order valence-electron chi connectivity index (χ3n) is 4.81. The summed E-state index contributed by atoms with van der Waals surface area (Å²) in [5.41, 5.74) is 0.801. The maximum atomic E-state index is 13.3. The molecule has 0 radical (unpaired) electrons. The molecule has 2 nitrogen and oxygen atoms in total. The lowest BCUT2D eigenvalue weighted by Crippen LogP contribution is -2.43. The van der Waals surface area contributed by atoms with Gasteiger partial charge in [0.15, 0.2) is 0 Å². The van der Waals surface area contributed by atoms with Gasteiger partial charge >= 0.3 is 0 Å². The monoisotopic (exact) mass is 266 g/mol. The molecule has 1 aromatic rings. The van der Waals surface area contributed by atoms with E-state index in [1.54, 1.807) is 0 Å². The van der Waals surface area contributed by atoms with Crippen LogP contribution in [0.25, 0.3) is 0 Å². The first-order valence-electron chi connectivity index (χ1n) is 6.87. The summed E-state index contributed by atoms with van der Waals surface area (Å²) in [4.78, 5) is 2.36. The van der Waals surface area contributed by atoms with Crippen LogP contribution in [-0.2, 0) is 6.54 Å². The quantitative estimate of drug-likeness (QED) is 0.884. The molecule has 0 spiro atoms. The highest BCUT2D eigenvalue weighted by Crippen LogP contribution is 2.41. The van der Waals surface area contributed by atoms with Crippen molar-refractivity contribution >= 4 is 0 Å². The molecule has 0 bridgehead atoms. The second-order valence-electron chi connectivity index (χ2n) is 6.34. The predicted octanol–water partition coefficient (Wildman–Crippen LogP) is 2.39. The van der Waals surface area contributed by atoms with E-state index in [-0.39, 0.29) is 5.54 Å². The number of rotatable bonds is 2. The number of nitrogens with one attached hydrogen (secondary N) is 1. The van der Waals surface area contributed by atoms with Crippen LogP contribution in [-0.4, -0.2) is 30.1 Å². The summed E-state index contributed by atoms with van der Waals surface area (Å²) in [5, 5.41) is 3.44.